The van der Waals surface area contributed by atoms with Gasteiger partial charge < -0.3 is 15.5 Å². The number of hydrogen-bond acceptors (Lipinski definition) is 3. The molecule has 0 aromatic carbocycles. The highest BCUT2D eigenvalue weighted by molar-refractivity contribution is 5.81. The zero-order valence-corrected chi connectivity index (χ0v) is 12.5. The monoisotopic (exact) mass is 281 g/mol. The van der Waals surface area contributed by atoms with Crippen molar-refractivity contribution in [1.29, 1.82) is 0 Å². The standard InChI is InChI=1S/C15H27N3O2/c1-16-15(20)13-5-3-9-18(11-13)14(19)7-6-12-4-2-8-17-10-12/h12-13,17H,2-11H2,1H3,(H,16,20). The Hall–Kier alpha value is -1.10. The van der Waals surface area contributed by atoms with E-state index in [1.807, 2.05) is 4.90 Å². The van der Waals surface area contributed by atoms with Gasteiger partial charge in [0.25, 0.3) is 0 Å². The average Bonchev–Trinajstić information content (AvgIpc) is 2.53. The average molecular weight is 281 g/mol. The Morgan fingerprint density at radius 2 is 2.15 bits per heavy atom. The largest absolute Gasteiger partial charge is 0.359 e. The molecule has 2 saturated heterocycles. The second-order valence-electron chi connectivity index (χ2n) is 6.04. The third kappa shape index (κ3) is 4.20. The third-order valence-electron chi connectivity index (χ3n) is 4.56. The van der Waals surface area contributed by atoms with E-state index in [0.29, 0.717) is 18.9 Å². The van der Waals surface area contributed by atoms with Crippen molar-refractivity contribution >= 4 is 11.8 Å². The van der Waals surface area contributed by atoms with E-state index in [4.69, 9.17) is 0 Å². The number of nitrogens with zero attached hydrogens (tertiary/aromatic N) is 1. The third-order valence-corrected chi connectivity index (χ3v) is 4.56. The van der Waals surface area contributed by atoms with Crippen LogP contribution in [0.15, 0.2) is 0 Å². The van der Waals surface area contributed by atoms with E-state index in [0.717, 1.165) is 38.9 Å². The molecule has 0 aromatic heterocycles. The maximum atomic E-state index is 12.3. The molecule has 2 rings (SSSR count). The van der Waals surface area contributed by atoms with Gasteiger partial charge in [0.1, 0.15) is 0 Å². The SMILES string of the molecule is CNC(=O)C1CCCN(C(=O)CCC2CCCNC2)C1. The smallest absolute Gasteiger partial charge is 0.224 e. The van der Waals surface area contributed by atoms with Gasteiger partial charge in [-0.25, -0.2) is 0 Å². The van der Waals surface area contributed by atoms with Crippen LogP contribution in [0.1, 0.15) is 38.5 Å². The van der Waals surface area contributed by atoms with E-state index >= 15 is 0 Å². The molecule has 2 atom stereocenters. The van der Waals surface area contributed by atoms with Crippen molar-refractivity contribution in [2.75, 3.05) is 33.2 Å². The molecule has 5 heteroatoms. The van der Waals surface area contributed by atoms with Gasteiger partial charge in [0.15, 0.2) is 0 Å². The van der Waals surface area contributed by atoms with Crippen molar-refractivity contribution in [2.24, 2.45) is 11.8 Å². The summed E-state index contributed by atoms with van der Waals surface area (Å²) in [5.41, 5.74) is 0. The van der Waals surface area contributed by atoms with Crippen molar-refractivity contribution in [2.45, 2.75) is 38.5 Å². The molecule has 2 fully saturated rings. The van der Waals surface area contributed by atoms with E-state index in [2.05, 4.69) is 10.6 Å². The highest BCUT2D eigenvalue weighted by Gasteiger charge is 2.28. The molecule has 2 heterocycles. The van der Waals surface area contributed by atoms with Crippen LogP contribution in [-0.4, -0.2) is 49.9 Å². The van der Waals surface area contributed by atoms with Crippen LogP contribution < -0.4 is 10.6 Å². The van der Waals surface area contributed by atoms with Crippen molar-refractivity contribution in [3.05, 3.63) is 0 Å². The highest BCUT2D eigenvalue weighted by Crippen LogP contribution is 2.20. The minimum atomic E-state index is -0.0194. The van der Waals surface area contributed by atoms with Crippen LogP contribution in [0, 0.1) is 11.8 Å². The molecule has 0 aliphatic carbocycles. The van der Waals surface area contributed by atoms with Crippen molar-refractivity contribution < 1.29 is 9.59 Å². The number of hydrogen-bond donors (Lipinski definition) is 2. The summed E-state index contributed by atoms with van der Waals surface area (Å²) in [4.78, 5) is 25.8. The van der Waals surface area contributed by atoms with Gasteiger partial charge in [-0.2, -0.15) is 0 Å². The van der Waals surface area contributed by atoms with E-state index in [9.17, 15) is 9.59 Å². The number of piperidine rings is 2. The summed E-state index contributed by atoms with van der Waals surface area (Å²) >= 11 is 0. The van der Waals surface area contributed by atoms with Crippen LogP contribution in [0.25, 0.3) is 0 Å². The molecule has 2 amide bonds. The van der Waals surface area contributed by atoms with Gasteiger partial charge in [-0.15, -0.1) is 0 Å². The van der Waals surface area contributed by atoms with Crippen molar-refractivity contribution in [3.63, 3.8) is 0 Å². The molecule has 2 aliphatic heterocycles. The second kappa shape index (κ2) is 7.62. The zero-order valence-electron chi connectivity index (χ0n) is 12.5. The minimum absolute atomic E-state index is 0.0194. The summed E-state index contributed by atoms with van der Waals surface area (Å²) in [5, 5.41) is 6.08. The maximum absolute atomic E-state index is 12.3. The fraction of sp³-hybridized carbons (Fsp3) is 0.867. The quantitative estimate of drug-likeness (QED) is 0.799. The molecule has 2 N–H and O–H groups in total. The molecular formula is C15H27N3O2. The summed E-state index contributed by atoms with van der Waals surface area (Å²) in [6.45, 7) is 3.58. The predicted octanol–water partition coefficient (Wildman–Crippen LogP) is 0.751. The molecule has 0 radical (unpaired) electrons. The van der Waals surface area contributed by atoms with Gasteiger partial charge in [0.2, 0.25) is 11.8 Å². The lowest BCUT2D eigenvalue weighted by molar-refractivity contribution is -0.135. The van der Waals surface area contributed by atoms with E-state index in [1.165, 1.54) is 12.8 Å². The van der Waals surface area contributed by atoms with Crippen molar-refractivity contribution in [1.82, 2.24) is 15.5 Å². The van der Waals surface area contributed by atoms with Crippen LogP contribution in [-0.2, 0) is 9.59 Å². The topological polar surface area (TPSA) is 61.4 Å². The molecule has 20 heavy (non-hydrogen) atoms. The molecule has 0 bridgehead atoms. The van der Waals surface area contributed by atoms with Crippen LogP contribution in [0.5, 0.6) is 0 Å². The molecule has 5 nitrogen and oxygen atoms in total. The van der Waals surface area contributed by atoms with Gasteiger partial charge >= 0.3 is 0 Å². The normalized spacial score (nSPS) is 27.1. The summed E-state index contributed by atoms with van der Waals surface area (Å²) in [6, 6.07) is 0. The Morgan fingerprint density at radius 1 is 1.30 bits per heavy atom. The van der Waals surface area contributed by atoms with Gasteiger partial charge in [-0.3, -0.25) is 9.59 Å². The summed E-state index contributed by atoms with van der Waals surface area (Å²) in [6.07, 6.45) is 5.91. The number of nitrogens with one attached hydrogen (secondary N) is 2. The number of amides is 2. The highest BCUT2D eigenvalue weighted by atomic mass is 16.2. The number of rotatable bonds is 4. The first kappa shape index (κ1) is 15.3. The predicted molar refractivity (Wildman–Crippen MR) is 78.2 cm³/mol. The number of carbonyl (C=O) groups is 2. The fourth-order valence-electron chi connectivity index (χ4n) is 3.28. The van der Waals surface area contributed by atoms with E-state index < -0.39 is 0 Å². The van der Waals surface area contributed by atoms with Crippen LogP contribution in [0.3, 0.4) is 0 Å². The summed E-state index contributed by atoms with van der Waals surface area (Å²) in [5.74, 6) is 0.921. The lowest BCUT2D eigenvalue weighted by Crippen LogP contribution is -2.45. The molecule has 0 spiro atoms. The van der Waals surface area contributed by atoms with E-state index in [-0.39, 0.29) is 17.7 Å². The van der Waals surface area contributed by atoms with Crippen molar-refractivity contribution in [3.8, 4) is 0 Å². The molecule has 114 valence electrons. The van der Waals surface area contributed by atoms with Gasteiger partial charge in [-0.1, -0.05) is 0 Å². The first-order chi connectivity index (χ1) is 9.70. The number of likely N-dealkylation sites (tertiary alicyclic amines) is 1. The van der Waals surface area contributed by atoms with Gasteiger partial charge in [-0.05, 0) is 51.1 Å². The lowest BCUT2D eigenvalue weighted by Gasteiger charge is -2.32. The first-order valence-electron chi connectivity index (χ1n) is 7.90. The van der Waals surface area contributed by atoms with Crippen LogP contribution in [0.4, 0.5) is 0 Å². The lowest BCUT2D eigenvalue weighted by atomic mass is 9.93. The Kier molecular flexibility index (Phi) is 5.83. The first-order valence-corrected chi connectivity index (χ1v) is 7.90. The molecule has 2 aliphatic rings. The Bertz CT molecular complexity index is 340. The molecule has 0 saturated carbocycles. The van der Waals surface area contributed by atoms with Crippen LogP contribution >= 0.6 is 0 Å². The molecule has 2 unspecified atom stereocenters. The Labute approximate surface area is 121 Å². The Morgan fingerprint density at radius 3 is 2.85 bits per heavy atom. The Balaban J connectivity index is 1.75. The van der Waals surface area contributed by atoms with Gasteiger partial charge in [0, 0.05) is 26.6 Å². The fourth-order valence-corrected chi connectivity index (χ4v) is 3.28. The molecular weight excluding hydrogens is 254 g/mol. The molecule has 0 aromatic rings. The van der Waals surface area contributed by atoms with Gasteiger partial charge in [0.05, 0.1) is 5.92 Å². The van der Waals surface area contributed by atoms with E-state index in [1.54, 1.807) is 7.05 Å². The summed E-state index contributed by atoms with van der Waals surface area (Å²) < 4.78 is 0. The zero-order chi connectivity index (χ0) is 14.4. The summed E-state index contributed by atoms with van der Waals surface area (Å²) in [7, 11) is 1.67. The number of carbonyl (C=O) groups excluding carboxylic acids is 2. The minimum Gasteiger partial charge on any atom is -0.359 e. The second-order valence-corrected chi connectivity index (χ2v) is 6.04. The maximum Gasteiger partial charge on any atom is 0.224 e. The van der Waals surface area contributed by atoms with Crippen LogP contribution in [0.2, 0.25) is 0 Å².